The van der Waals surface area contributed by atoms with E-state index in [9.17, 15) is 14.4 Å². The molecule has 0 aliphatic carbocycles. The van der Waals surface area contributed by atoms with E-state index in [1.54, 1.807) is 13.8 Å². The molecule has 0 saturated heterocycles. The zero-order valence-electron chi connectivity index (χ0n) is 18.1. The van der Waals surface area contributed by atoms with E-state index in [-0.39, 0.29) is 15.7 Å². The van der Waals surface area contributed by atoms with Gasteiger partial charge in [-0.05, 0) is 45.0 Å². The third-order valence-electron chi connectivity index (χ3n) is 5.18. The second-order valence-corrected chi connectivity index (χ2v) is 8.84. The zero-order chi connectivity index (χ0) is 24.8. The molecule has 0 spiro atoms. The number of aromatic nitrogens is 5. The van der Waals surface area contributed by atoms with Crippen molar-refractivity contribution in [3.05, 3.63) is 89.9 Å². The molecule has 0 aliphatic heterocycles. The molecule has 0 atom stereocenters. The molecule has 0 bridgehead atoms. The normalized spacial score (nSPS) is 11.6. The summed E-state index contributed by atoms with van der Waals surface area (Å²) >= 11 is 13.1. The number of carbonyl (C=O) groups is 1. The molecule has 0 amide bonds. The lowest BCUT2D eigenvalue weighted by atomic mass is 9.83. The third-order valence-corrected chi connectivity index (χ3v) is 5.77. The van der Waals surface area contributed by atoms with Crippen LogP contribution in [0.15, 0.2) is 50.5 Å². The molecular weight excluding hydrogens is 485 g/mol. The van der Waals surface area contributed by atoms with Crippen molar-refractivity contribution in [2.75, 3.05) is 0 Å². The highest BCUT2D eigenvalue weighted by Gasteiger charge is 2.34. The summed E-state index contributed by atoms with van der Waals surface area (Å²) in [5.41, 5.74) is -1.52. The van der Waals surface area contributed by atoms with Crippen LogP contribution < -0.4 is 11.2 Å². The maximum absolute atomic E-state index is 12.2. The summed E-state index contributed by atoms with van der Waals surface area (Å²) in [5.74, 6) is -0.930. The molecule has 4 rings (SSSR count). The zero-order valence-corrected chi connectivity index (χ0v) is 19.6. The second-order valence-electron chi connectivity index (χ2n) is 8.03. The Morgan fingerprint density at radius 2 is 1.82 bits per heavy atom. The summed E-state index contributed by atoms with van der Waals surface area (Å²) in [4.78, 5) is 41.6. The fraction of sp³-hybridized carbons (Fsp3) is 0.182. The lowest BCUT2D eigenvalue weighted by Crippen LogP contribution is -2.35. The van der Waals surface area contributed by atoms with Crippen molar-refractivity contribution >= 4 is 29.2 Å². The van der Waals surface area contributed by atoms with Crippen LogP contribution in [-0.4, -0.2) is 36.0 Å². The van der Waals surface area contributed by atoms with Gasteiger partial charge >= 0.3 is 11.7 Å². The molecule has 2 aromatic heterocycles. The number of nitrogens with zero attached hydrogens (tertiary/aromatic N) is 4. The van der Waals surface area contributed by atoms with Gasteiger partial charge in [-0.3, -0.25) is 9.78 Å². The highest BCUT2D eigenvalue weighted by atomic mass is 35.5. The van der Waals surface area contributed by atoms with E-state index in [1.807, 2.05) is 36.2 Å². The number of benzene rings is 2. The number of halogens is 2. The molecule has 12 heteroatoms. The van der Waals surface area contributed by atoms with Crippen LogP contribution in [-0.2, 0) is 5.41 Å². The van der Waals surface area contributed by atoms with Crippen LogP contribution in [0, 0.1) is 6.92 Å². The summed E-state index contributed by atoms with van der Waals surface area (Å²) in [7, 11) is 0. The standard InChI is InChI=1S/C22H17Cl2N5O5/c1-10-5-4-6-11(7-10)18-26-20(28-34-18)22(2,3)15-13(23)8-12(9-14(15)24)29-21(33)25-17(30)16(27-29)19(31)32/h4-9H,1-3H3,(H,31,32)(H,25,30,33). The first-order chi connectivity index (χ1) is 16.0. The van der Waals surface area contributed by atoms with Gasteiger partial charge in [-0.2, -0.15) is 14.8 Å². The van der Waals surface area contributed by atoms with Gasteiger partial charge in [0, 0.05) is 21.2 Å². The molecule has 2 N–H and O–H groups in total. The van der Waals surface area contributed by atoms with Gasteiger partial charge in [0.15, 0.2) is 5.82 Å². The predicted octanol–water partition coefficient (Wildman–Crippen LogP) is 3.61. The quantitative estimate of drug-likeness (QED) is 0.421. The first-order valence-corrected chi connectivity index (χ1v) is 10.6. The Morgan fingerprint density at radius 1 is 1.15 bits per heavy atom. The van der Waals surface area contributed by atoms with Crippen molar-refractivity contribution in [3.63, 3.8) is 0 Å². The van der Waals surface area contributed by atoms with E-state index in [2.05, 4.69) is 15.2 Å². The van der Waals surface area contributed by atoms with Crippen LogP contribution in [0.2, 0.25) is 10.0 Å². The van der Waals surface area contributed by atoms with E-state index in [0.29, 0.717) is 22.0 Å². The second kappa shape index (κ2) is 8.54. The van der Waals surface area contributed by atoms with E-state index in [1.165, 1.54) is 12.1 Å². The Labute approximate surface area is 201 Å². The van der Waals surface area contributed by atoms with Crippen molar-refractivity contribution in [1.82, 2.24) is 24.9 Å². The van der Waals surface area contributed by atoms with Crippen molar-refractivity contribution in [3.8, 4) is 17.1 Å². The number of H-pyrrole nitrogens is 1. The van der Waals surface area contributed by atoms with Crippen LogP contribution in [0.3, 0.4) is 0 Å². The van der Waals surface area contributed by atoms with Gasteiger partial charge in [0.25, 0.3) is 11.4 Å². The molecule has 0 aliphatic rings. The number of aryl methyl sites for hydroxylation is 1. The maximum Gasteiger partial charge on any atom is 0.362 e. The molecule has 0 unspecified atom stereocenters. The van der Waals surface area contributed by atoms with E-state index >= 15 is 0 Å². The van der Waals surface area contributed by atoms with Crippen LogP contribution >= 0.6 is 23.2 Å². The van der Waals surface area contributed by atoms with Gasteiger partial charge in [0.1, 0.15) is 0 Å². The minimum atomic E-state index is -1.59. The van der Waals surface area contributed by atoms with Gasteiger partial charge in [-0.15, -0.1) is 0 Å². The fourth-order valence-electron chi connectivity index (χ4n) is 3.48. The first kappa shape index (κ1) is 23.4. The Kier molecular flexibility index (Phi) is 5.88. The Balaban J connectivity index is 1.79. The third kappa shape index (κ3) is 4.13. The molecule has 2 heterocycles. The molecule has 4 aromatic rings. The summed E-state index contributed by atoms with van der Waals surface area (Å²) in [6, 6.07) is 10.4. The van der Waals surface area contributed by atoms with Crippen molar-refractivity contribution < 1.29 is 14.4 Å². The molecule has 174 valence electrons. The van der Waals surface area contributed by atoms with Gasteiger partial charge in [-0.1, -0.05) is 46.1 Å². The van der Waals surface area contributed by atoms with Gasteiger partial charge < -0.3 is 9.63 Å². The van der Waals surface area contributed by atoms with Crippen molar-refractivity contribution in [2.24, 2.45) is 0 Å². The SMILES string of the molecule is Cc1cccc(-c2nc(C(C)(C)c3c(Cl)cc(-n4nc(C(=O)O)c(=O)[nH]c4=O)cc3Cl)no2)c1. The van der Waals surface area contributed by atoms with E-state index in [0.717, 1.165) is 11.1 Å². The predicted molar refractivity (Wildman–Crippen MR) is 124 cm³/mol. The minimum absolute atomic E-state index is 0.0619. The largest absolute Gasteiger partial charge is 0.476 e. The van der Waals surface area contributed by atoms with Crippen molar-refractivity contribution in [2.45, 2.75) is 26.2 Å². The summed E-state index contributed by atoms with van der Waals surface area (Å²) in [6.45, 7) is 5.56. The number of hydrogen-bond donors (Lipinski definition) is 2. The molecular formula is C22H17Cl2N5O5. The molecule has 0 saturated carbocycles. The number of carboxylic acid groups (broad SMARTS) is 1. The molecule has 2 aromatic carbocycles. The Hall–Kier alpha value is -3.76. The van der Waals surface area contributed by atoms with Crippen LogP contribution in [0.5, 0.6) is 0 Å². The smallest absolute Gasteiger partial charge is 0.362 e. The number of nitrogens with one attached hydrogen (secondary N) is 1. The lowest BCUT2D eigenvalue weighted by molar-refractivity contribution is 0.0685. The first-order valence-electron chi connectivity index (χ1n) is 9.87. The molecule has 0 fully saturated rings. The van der Waals surface area contributed by atoms with Crippen LogP contribution in [0.25, 0.3) is 17.1 Å². The number of hydrogen-bond acceptors (Lipinski definition) is 7. The summed E-state index contributed by atoms with van der Waals surface area (Å²) < 4.78 is 6.15. The lowest BCUT2D eigenvalue weighted by Gasteiger charge is -2.24. The van der Waals surface area contributed by atoms with Gasteiger partial charge in [0.05, 0.1) is 11.1 Å². The number of aromatic amines is 1. The number of carboxylic acids is 1. The minimum Gasteiger partial charge on any atom is -0.476 e. The average Bonchev–Trinajstić information content (AvgIpc) is 3.24. The Morgan fingerprint density at radius 3 is 2.44 bits per heavy atom. The van der Waals surface area contributed by atoms with E-state index < -0.39 is 28.3 Å². The molecule has 34 heavy (non-hydrogen) atoms. The summed E-state index contributed by atoms with van der Waals surface area (Å²) in [5, 5.41) is 17.2. The van der Waals surface area contributed by atoms with Gasteiger partial charge in [-0.25, -0.2) is 9.59 Å². The topological polar surface area (TPSA) is 144 Å². The number of rotatable bonds is 5. The molecule has 10 nitrogen and oxygen atoms in total. The van der Waals surface area contributed by atoms with Crippen LogP contribution in [0.1, 0.15) is 41.3 Å². The fourth-order valence-corrected chi connectivity index (χ4v) is 4.43. The Bertz CT molecular complexity index is 1530. The monoisotopic (exact) mass is 501 g/mol. The highest BCUT2D eigenvalue weighted by molar-refractivity contribution is 6.36. The van der Waals surface area contributed by atoms with E-state index in [4.69, 9.17) is 32.8 Å². The van der Waals surface area contributed by atoms with Crippen molar-refractivity contribution in [1.29, 1.82) is 0 Å². The average molecular weight is 502 g/mol. The van der Waals surface area contributed by atoms with Crippen LogP contribution in [0.4, 0.5) is 0 Å². The van der Waals surface area contributed by atoms with Gasteiger partial charge in [0.2, 0.25) is 5.69 Å². The number of aromatic carboxylic acids is 1. The maximum atomic E-state index is 12.2. The highest BCUT2D eigenvalue weighted by Crippen LogP contribution is 2.40. The summed E-state index contributed by atoms with van der Waals surface area (Å²) in [6.07, 6.45) is 0. The molecule has 0 radical (unpaired) electrons.